The summed E-state index contributed by atoms with van der Waals surface area (Å²) in [6.07, 6.45) is 10.1. The second-order valence-corrected chi connectivity index (χ2v) is 5.15. The van der Waals surface area contributed by atoms with Crippen molar-refractivity contribution < 1.29 is 4.74 Å². The van der Waals surface area contributed by atoms with Gasteiger partial charge in [-0.1, -0.05) is 19.8 Å². The zero-order chi connectivity index (χ0) is 10.5. The van der Waals surface area contributed by atoms with Gasteiger partial charge in [-0.15, -0.1) is 0 Å². The average molecular weight is 211 g/mol. The number of hydrogen-bond donors (Lipinski definition) is 1. The molecule has 2 unspecified atom stereocenters. The van der Waals surface area contributed by atoms with Crippen LogP contribution in [0.3, 0.4) is 0 Å². The van der Waals surface area contributed by atoms with Crippen LogP contribution in [0.4, 0.5) is 0 Å². The minimum absolute atomic E-state index is 0.574. The Labute approximate surface area is 93.8 Å². The van der Waals surface area contributed by atoms with E-state index in [1.807, 2.05) is 0 Å². The zero-order valence-electron chi connectivity index (χ0n) is 10.0. The van der Waals surface area contributed by atoms with Crippen molar-refractivity contribution in [1.29, 1.82) is 0 Å². The van der Waals surface area contributed by atoms with Crippen molar-refractivity contribution in [3.63, 3.8) is 0 Å². The molecule has 0 amide bonds. The molecular weight excluding hydrogens is 186 g/mol. The molecule has 1 aliphatic carbocycles. The molecule has 0 bridgehead atoms. The van der Waals surface area contributed by atoms with E-state index in [2.05, 4.69) is 12.2 Å². The summed E-state index contributed by atoms with van der Waals surface area (Å²) in [5.41, 5.74) is 0. The van der Waals surface area contributed by atoms with Crippen LogP contribution >= 0.6 is 0 Å². The molecule has 2 atom stereocenters. The Morgan fingerprint density at radius 2 is 2.20 bits per heavy atom. The van der Waals surface area contributed by atoms with Crippen LogP contribution in [0, 0.1) is 5.92 Å². The highest BCUT2D eigenvalue weighted by Gasteiger charge is 2.26. The van der Waals surface area contributed by atoms with Gasteiger partial charge in [0.15, 0.2) is 0 Å². The third-order valence-electron chi connectivity index (χ3n) is 3.67. The molecule has 2 fully saturated rings. The fourth-order valence-electron chi connectivity index (χ4n) is 2.61. The van der Waals surface area contributed by atoms with Gasteiger partial charge in [-0.3, -0.25) is 0 Å². The third-order valence-corrected chi connectivity index (χ3v) is 3.67. The average Bonchev–Trinajstić information content (AvgIpc) is 2.90. The molecule has 0 radical (unpaired) electrons. The molecule has 1 saturated heterocycles. The summed E-state index contributed by atoms with van der Waals surface area (Å²) >= 11 is 0. The summed E-state index contributed by atoms with van der Waals surface area (Å²) in [6, 6.07) is 0.756. The molecule has 0 spiro atoms. The minimum Gasteiger partial charge on any atom is -0.378 e. The van der Waals surface area contributed by atoms with Gasteiger partial charge in [0.05, 0.1) is 6.10 Å². The smallest absolute Gasteiger partial charge is 0.0576 e. The van der Waals surface area contributed by atoms with E-state index in [-0.39, 0.29) is 0 Å². The van der Waals surface area contributed by atoms with Gasteiger partial charge in [0.2, 0.25) is 0 Å². The monoisotopic (exact) mass is 211 g/mol. The predicted octanol–water partition coefficient (Wildman–Crippen LogP) is 2.72. The van der Waals surface area contributed by atoms with E-state index in [0.29, 0.717) is 6.10 Å². The van der Waals surface area contributed by atoms with E-state index < -0.39 is 0 Å². The first-order valence-corrected chi connectivity index (χ1v) is 6.73. The molecule has 1 heterocycles. The van der Waals surface area contributed by atoms with E-state index in [9.17, 15) is 0 Å². The van der Waals surface area contributed by atoms with Crippen molar-refractivity contribution in [3.8, 4) is 0 Å². The Morgan fingerprint density at radius 1 is 1.33 bits per heavy atom. The van der Waals surface area contributed by atoms with Crippen molar-refractivity contribution in [2.45, 2.75) is 64.0 Å². The van der Waals surface area contributed by atoms with Crippen LogP contribution in [-0.4, -0.2) is 25.3 Å². The molecular formula is C13H25NO. The van der Waals surface area contributed by atoms with Gasteiger partial charge in [0.25, 0.3) is 0 Å². The fraction of sp³-hybridized carbons (Fsp3) is 1.00. The number of nitrogens with one attached hydrogen (secondary N) is 1. The highest BCUT2D eigenvalue weighted by molar-refractivity contribution is 4.81. The largest absolute Gasteiger partial charge is 0.378 e. The summed E-state index contributed by atoms with van der Waals surface area (Å²) in [4.78, 5) is 0. The lowest BCUT2D eigenvalue weighted by Gasteiger charge is -2.19. The molecule has 1 N–H and O–H groups in total. The topological polar surface area (TPSA) is 21.3 Å². The first kappa shape index (κ1) is 11.4. The molecule has 15 heavy (non-hydrogen) atoms. The van der Waals surface area contributed by atoms with Crippen LogP contribution in [0.25, 0.3) is 0 Å². The molecule has 2 aliphatic rings. The van der Waals surface area contributed by atoms with Crippen molar-refractivity contribution in [2.24, 2.45) is 5.92 Å². The molecule has 88 valence electrons. The number of rotatable bonds is 7. The quantitative estimate of drug-likeness (QED) is 0.699. The van der Waals surface area contributed by atoms with Gasteiger partial charge in [-0.05, 0) is 44.6 Å². The van der Waals surface area contributed by atoms with Gasteiger partial charge >= 0.3 is 0 Å². The van der Waals surface area contributed by atoms with Crippen LogP contribution in [0.15, 0.2) is 0 Å². The van der Waals surface area contributed by atoms with Gasteiger partial charge in [-0.25, -0.2) is 0 Å². The standard InChI is InChI=1S/C13H25NO/c1-2-14-12(10-11-5-6-11)7-8-13-4-3-9-15-13/h11-14H,2-10H2,1H3. The Hall–Kier alpha value is -0.0800. The van der Waals surface area contributed by atoms with E-state index in [4.69, 9.17) is 4.74 Å². The van der Waals surface area contributed by atoms with Crippen molar-refractivity contribution in [1.82, 2.24) is 5.32 Å². The molecule has 0 aromatic carbocycles. The van der Waals surface area contributed by atoms with Crippen molar-refractivity contribution in [2.75, 3.05) is 13.2 Å². The van der Waals surface area contributed by atoms with E-state index in [0.717, 1.165) is 25.1 Å². The highest BCUT2D eigenvalue weighted by Crippen LogP contribution is 2.34. The predicted molar refractivity (Wildman–Crippen MR) is 63.0 cm³/mol. The summed E-state index contributed by atoms with van der Waals surface area (Å²) in [6.45, 7) is 4.33. The molecule has 0 aromatic rings. The first-order chi connectivity index (χ1) is 7.38. The summed E-state index contributed by atoms with van der Waals surface area (Å²) < 4.78 is 5.67. The first-order valence-electron chi connectivity index (χ1n) is 6.73. The van der Waals surface area contributed by atoms with Crippen LogP contribution in [-0.2, 0) is 4.74 Å². The van der Waals surface area contributed by atoms with Crippen molar-refractivity contribution >= 4 is 0 Å². The van der Waals surface area contributed by atoms with Gasteiger partial charge in [0.1, 0.15) is 0 Å². The lowest BCUT2D eigenvalue weighted by Crippen LogP contribution is -2.30. The maximum atomic E-state index is 5.67. The molecule has 2 rings (SSSR count). The number of hydrogen-bond acceptors (Lipinski definition) is 2. The zero-order valence-corrected chi connectivity index (χ0v) is 10.0. The Bertz CT molecular complexity index is 173. The SMILES string of the molecule is CCNC(CCC1CCCO1)CC1CC1. The van der Waals surface area contributed by atoms with Crippen LogP contribution in [0.5, 0.6) is 0 Å². The normalized spacial score (nSPS) is 28.2. The van der Waals surface area contributed by atoms with E-state index in [1.54, 1.807) is 0 Å². The summed E-state index contributed by atoms with van der Waals surface area (Å²) in [5.74, 6) is 1.04. The molecule has 1 saturated carbocycles. The summed E-state index contributed by atoms with van der Waals surface area (Å²) in [7, 11) is 0. The maximum absolute atomic E-state index is 5.67. The highest BCUT2D eigenvalue weighted by atomic mass is 16.5. The fourth-order valence-corrected chi connectivity index (χ4v) is 2.61. The van der Waals surface area contributed by atoms with Crippen LogP contribution in [0.1, 0.15) is 51.9 Å². The number of ether oxygens (including phenoxy) is 1. The Kier molecular flexibility index (Phi) is 4.45. The Morgan fingerprint density at radius 3 is 2.80 bits per heavy atom. The van der Waals surface area contributed by atoms with Crippen LogP contribution < -0.4 is 5.32 Å². The minimum atomic E-state index is 0.574. The van der Waals surface area contributed by atoms with Gasteiger partial charge in [-0.2, -0.15) is 0 Å². The van der Waals surface area contributed by atoms with Crippen molar-refractivity contribution in [3.05, 3.63) is 0 Å². The van der Waals surface area contributed by atoms with E-state index in [1.165, 1.54) is 44.9 Å². The van der Waals surface area contributed by atoms with Gasteiger partial charge < -0.3 is 10.1 Å². The second-order valence-electron chi connectivity index (χ2n) is 5.15. The molecule has 0 aromatic heterocycles. The summed E-state index contributed by atoms with van der Waals surface area (Å²) in [5, 5.41) is 3.62. The molecule has 1 aliphatic heterocycles. The lowest BCUT2D eigenvalue weighted by molar-refractivity contribution is 0.0991. The third kappa shape index (κ3) is 4.12. The van der Waals surface area contributed by atoms with E-state index >= 15 is 0 Å². The lowest BCUT2D eigenvalue weighted by atomic mass is 10.0. The van der Waals surface area contributed by atoms with Crippen LogP contribution in [0.2, 0.25) is 0 Å². The maximum Gasteiger partial charge on any atom is 0.0576 e. The second kappa shape index (κ2) is 5.86. The molecule has 2 nitrogen and oxygen atoms in total. The molecule has 2 heteroatoms. The Balaban J connectivity index is 1.62. The van der Waals surface area contributed by atoms with Gasteiger partial charge in [0, 0.05) is 12.6 Å².